The lowest BCUT2D eigenvalue weighted by atomic mass is 10.1. The SMILES string of the molecule is CC1(c2ccc(C(=O)Oc3ccccc3)cc2)SCCS1. The van der Waals surface area contributed by atoms with Crippen LogP contribution in [-0.4, -0.2) is 17.5 Å². The molecule has 0 amide bonds. The molecule has 3 rings (SSSR count). The second-order valence-corrected chi connectivity index (χ2v) is 8.21. The van der Waals surface area contributed by atoms with Crippen LogP contribution in [0.2, 0.25) is 0 Å². The highest BCUT2D eigenvalue weighted by Gasteiger charge is 2.32. The fourth-order valence-corrected chi connectivity index (χ4v) is 5.13. The Morgan fingerprint density at radius 3 is 2.24 bits per heavy atom. The Morgan fingerprint density at radius 1 is 1.00 bits per heavy atom. The average molecular weight is 316 g/mol. The van der Waals surface area contributed by atoms with E-state index in [1.54, 1.807) is 12.1 Å². The van der Waals surface area contributed by atoms with Crippen molar-refractivity contribution < 1.29 is 9.53 Å². The molecule has 2 aromatic rings. The molecule has 1 aliphatic heterocycles. The molecule has 0 bridgehead atoms. The summed E-state index contributed by atoms with van der Waals surface area (Å²) in [6, 6.07) is 16.9. The van der Waals surface area contributed by atoms with Crippen molar-refractivity contribution in [2.45, 2.75) is 11.0 Å². The first-order chi connectivity index (χ1) is 10.2. The molecule has 1 fully saturated rings. The number of para-hydroxylation sites is 1. The molecule has 0 unspecified atom stereocenters. The van der Waals surface area contributed by atoms with Crippen LogP contribution in [0.15, 0.2) is 54.6 Å². The van der Waals surface area contributed by atoms with Gasteiger partial charge in [0.15, 0.2) is 0 Å². The van der Waals surface area contributed by atoms with Crippen LogP contribution in [0.4, 0.5) is 0 Å². The third kappa shape index (κ3) is 3.27. The van der Waals surface area contributed by atoms with E-state index in [0.717, 1.165) is 0 Å². The van der Waals surface area contributed by atoms with E-state index in [2.05, 4.69) is 6.92 Å². The summed E-state index contributed by atoms with van der Waals surface area (Å²) in [5.41, 5.74) is 1.84. The standard InChI is InChI=1S/C17H16O2S2/c1-17(20-11-12-21-17)14-9-7-13(8-10-14)16(18)19-15-5-3-2-4-6-15/h2-10H,11-12H2,1H3. The predicted molar refractivity (Wildman–Crippen MR) is 90.1 cm³/mol. The Kier molecular flexibility index (Phi) is 4.27. The summed E-state index contributed by atoms with van der Waals surface area (Å²) in [5.74, 6) is 2.61. The van der Waals surface area contributed by atoms with Crippen molar-refractivity contribution in [2.24, 2.45) is 0 Å². The molecule has 1 aliphatic rings. The summed E-state index contributed by atoms with van der Waals surface area (Å²) in [7, 11) is 0. The molecule has 0 aliphatic carbocycles. The van der Waals surface area contributed by atoms with Crippen LogP contribution in [0.3, 0.4) is 0 Å². The van der Waals surface area contributed by atoms with E-state index in [-0.39, 0.29) is 10.0 Å². The molecular formula is C17H16O2S2. The number of carbonyl (C=O) groups is 1. The maximum Gasteiger partial charge on any atom is 0.343 e. The Hall–Kier alpha value is -1.39. The lowest BCUT2D eigenvalue weighted by molar-refractivity contribution is 0.0735. The predicted octanol–water partition coefficient (Wildman–Crippen LogP) is 4.56. The van der Waals surface area contributed by atoms with E-state index < -0.39 is 0 Å². The van der Waals surface area contributed by atoms with Crippen LogP contribution >= 0.6 is 23.5 Å². The first-order valence-corrected chi connectivity index (χ1v) is 8.80. The lowest BCUT2D eigenvalue weighted by Gasteiger charge is -2.22. The van der Waals surface area contributed by atoms with Gasteiger partial charge in [0.2, 0.25) is 0 Å². The number of hydrogen-bond donors (Lipinski definition) is 0. The van der Waals surface area contributed by atoms with Crippen LogP contribution in [0.5, 0.6) is 5.75 Å². The molecule has 0 saturated carbocycles. The molecule has 1 heterocycles. The van der Waals surface area contributed by atoms with Gasteiger partial charge in [0.05, 0.1) is 9.64 Å². The molecule has 21 heavy (non-hydrogen) atoms. The van der Waals surface area contributed by atoms with E-state index in [4.69, 9.17) is 4.74 Å². The summed E-state index contributed by atoms with van der Waals surface area (Å²) in [6.07, 6.45) is 0. The van der Waals surface area contributed by atoms with Gasteiger partial charge in [-0.05, 0) is 36.8 Å². The Bertz CT molecular complexity index is 617. The van der Waals surface area contributed by atoms with Gasteiger partial charge in [0.25, 0.3) is 0 Å². The molecular weight excluding hydrogens is 300 g/mol. The maximum atomic E-state index is 12.1. The third-order valence-corrected chi connectivity index (χ3v) is 6.79. The van der Waals surface area contributed by atoms with Gasteiger partial charge in [-0.25, -0.2) is 4.79 Å². The normalized spacial score (nSPS) is 16.6. The van der Waals surface area contributed by atoms with E-state index in [0.29, 0.717) is 11.3 Å². The van der Waals surface area contributed by atoms with Crippen LogP contribution in [0, 0.1) is 0 Å². The number of ether oxygens (including phenoxy) is 1. The van der Waals surface area contributed by atoms with E-state index in [1.165, 1.54) is 17.1 Å². The Balaban J connectivity index is 1.73. The van der Waals surface area contributed by atoms with Gasteiger partial charge in [-0.2, -0.15) is 0 Å². The van der Waals surface area contributed by atoms with Crippen molar-refractivity contribution in [2.75, 3.05) is 11.5 Å². The first kappa shape index (κ1) is 14.5. The summed E-state index contributed by atoms with van der Waals surface area (Å²) in [4.78, 5) is 12.1. The minimum Gasteiger partial charge on any atom is -0.423 e. The second-order valence-electron chi connectivity index (χ2n) is 4.92. The molecule has 0 atom stereocenters. The molecule has 108 valence electrons. The van der Waals surface area contributed by atoms with Gasteiger partial charge in [0, 0.05) is 11.5 Å². The Labute approximate surface area is 133 Å². The Morgan fingerprint density at radius 2 is 1.62 bits per heavy atom. The number of rotatable bonds is 3. The molecule has 0 N–H and O–H groups in total. The van der Waals surface area contributed by atoms with Crippen LogP contribution in [-0.2, 0) is 4.08 Å². The zero-order valence-corrected chi connectivity index (χ0v) is 13.4. The number of carbonyl (C=O) groups excluding carboxylic acids is 1. The van der Waals surface area contributed by atoms with Crippen molar-refractivity contribution in [1.82, 2.24) is 0 Å². The smallest absolute Gasteiger partial charge is 0.343 e. The topological polar surface area (TPSA) is 26.3 Å². The summed E-state index contributed by atoms with van der Waals surface area (Å²) in [6.45, 7) is 2.24. The zero-order valence-electron chi connectivity index (χ0n) is 11.7. The van der Waals surface area contributed by atoms with Gasteiger partial charge >= 0.3 is 5.97 Å². The van der Waals surface area contributed by atoms with Crippen LogP contribution in [0.1, 0.15) is 22.8 Å². The number of thioether (sulfide) groups is 2. The molecule has 0 aromatic heterocycles. The van der Waals surface area contributed by atoms with Gasteiger partial charge in [-0.3, -0.25) is 0 Å². The molecule has 4 heteroatoms. The fraction of sp³-hybridized carbons (Fsp3) is 0.235. The maximum absolute atomic E-state index is 12.1. The second kappa shape index (κ2) is 6.16. The van der Waals surface area contributed by atoms with Gasteiger partial charge in [0.1, 0.15) is 5.75 Å². The van der Waals surface area contributed by atoms with Crippen LogP contribution < -0.4 is 4.74 Å². The lowest BCUT2D eigenvalue weighted by Crippen LogP contribution is -2.11. The molecule has 0 radical (unpaired) electrons. The molecule has 1 saturated heterocycles. The van der Waals surface area contributed by atoms with E-state index in [1.807, 2.05) is 66.0 Å². The highest BCUT2D eigenvalue weighted by molar-refractivity contribution is 8.20. The summed E-state index contributed by atoms with van der Waals surface area (Å²) in [5, 5.41) is 0. The molecule has 2 nitrogen and oxygen atoms in total. The van der Waals surface area contributed by atoms with Crippen molar-refractivity contribution >= 4 is 29.5 Å². The fourth-order valence-electron chi connectivity index (χ4n) is 2.24. The minimum atomic E-state index is -0.315. The number of hydrogen-bond acceptors (Lipinski definition) is 4. The third-order valence-electron chi connectivity index (χ3n) is 3.44. The number of benzene rings is 2. The molecule has 0 spiro atoms. The van der Waals surface area contributed by atoms with Crippen molar-refractivity contribution in [3.05, 3.63) is 65.7 Å². The zero-order chi connectivity index (χ0) is 14.7. The van der Waals surface area contributed by atoms with Crippen molar-refractivity contribution in [3.8, 4) is 5.75 Å². The summed E-state index contributed by atoms with van der Waals surface area (Å²) >= 11 is 3.92. The highest BCUT2D eigenvalue weighted by Crippen LogP contribution is 2.51. The van der Waals surface area contributed by atoms with Crippen LogP contribution in [0.25, 0.3) is 0 Å². The molecule has 2 aromatic carbocycles. The van der Waals surface area contributed by atoms with E-state index >= 15 is 0 Å². The average Bonchev–Trinajstić information content (AvgIpc) is 2.96. The summed E-state index contributed by atoms with van der Waals surface area (Å²) < 4.78 is 5.45. The largest absolute Gasteiger partial charge is 0.423 e. The minimum absolute atomic E-state index is 0.113. The number of esters is 1. The monoisotopic (exact) mass is 316 g/mol. The quantitative estimate of drug-likeness (QED) is 0.612. The van der Waals surface area contributed by atoms with Crippen molar-refractivity contribution in [3.63, 3.8) is 0 Å². The van der Waals surface area contributed by atoms with E-state index in [9.17, 15) is 4.79 Å². The van der Waals surface area contributed by atoms with Crippen molar-refractivity contribution in [1.29, 1.82) is 0 Å². The van der Waals surface area contributed by atoms with Gasteiger partial charge in [-0.15, -0.1) is 23.5 Å². The highest BCUT2D eigenvalue weighted by atomic mass is 32.2. The van der Waals surface area contributed by atoms with Gasteiger partial charge < -0.3 is 4.74 Å². The van der Waals surface area contributed by atoms with Gasteiger partial charge in [-0.1, -0.05) is 30.3 Å². The first-order valence-electron chi connectivity index (χ1n) is 6.83.